The van der Waals surface area contributed by atoms with Gasteiger partial charge in [-0.3, -0.25) is 4.79 Å². The van der Waals surface area contributed by atoms with E-state index in [1.165, 1.54) is 0 Å². The van der Waals surface area contributed by atoms with Crippen LogP contribution in [0.25, 0.3) is 10.9 Å². The number of amides is 1. The monoisotopic (exact) mass is 319 g/mol. The number of aromatic amines is 1. The molecule has 0 fully saturated rings. The molecule has 0 saturated carbocycles. The van der Waals surface area contributed by atoms with Crippen LogP contribution < -0.4 is 5.32 Å². The van der Waals surface area contributed by atoms with Gasteiger partial charge in [-0.2, -0.15) is 13.2 Å². The summed E-state index contributed by atoms with van der Waals surface area (Å²) in [5.74, 6) is -0.259. The Labute approximate surface area is 129 Å². The molecule has 0 aliphatic carbocycles. The first-order chi connectivity index (χ1) is 10.9. The van der Waals surface area contributed by atoms with E-state index < -0.39 is 11.7 Å². The van der Waals surface area contributed by atoms with Crippen molar-refractivity contribution in [1.82, 2.24) is 9.97 Å². The highest BCUT2D eigenvalue weighted by atomic mass is 19.4. The fourth-order valence-corrected chi connectivity index (χ4v) is 2.27. The number of para-hydroxylation sites is 1. The van der Waals surface area contributed by atoms with Gasteiger partial charge in [-0.25, -0.2) is 4.98 Å². The summed E-state index contributed by atoms with van der Waals surface area (Å²) in [5, 5.41) is 3.43. The molecule has 1 aromatic carbocycles. The van der Waals surface area contributed by atoms with Crippen LogP contribution in [0.2, 0.25) is 0 Å². The highest BCUT2D eigenvalue weighted by molar-refractivity contribution is 5.95. The van der Waals surface area contributed by atoms with E-state index in [0.29, 0.717) is 6.20 Å². The lowest BCUT2D eigenvalue weighted by molar-refractivity contribution is -0.137. The van der Waals surface area contributed by atoms with Crippen molar-refractivity contribution in [1.29, 1.82) is 0 Å². The second kappa shape index (κ2) is 5.75. The zero-order valence-corrected chi connectivity index (χ0v) is 11.8. The van der Waals surface area contributed by atoms with E-state index in [1.807, 2.05) is 24.3 Å². The van der Waals surface area contributed by atoms with Gasteiger partial charge >= 0.3 is 6.18 Å². The van der Waals surface area contributed by atoms with Crippen molar-refractivity contribution in [3.63, 3.8) is 0 Å². The van der Waals surface area contributed by atoms with Gasteiger partial charge in [0.15, 0.2) is 0 Å². The maximum absolute atomic E-state index is 12.5. The third-order valence-corrected chi connectivity index (χ3v) is 3.38. The molecule has 7 heteroatoms. The molecule has 4 nitrogen and oxygen atoms in total. The van der Waals surface area contributed by atoms with Crippen molar-refractivity contribution in [2.45, 2.75) is 12.6 Å². The summed E-state index contributed by atoms with van der Waals surface area (Å²) in [6, 6.07) is 9.56. The van der Waals surface area contributed by atoms with Gasteiger partial charge in [0.1, 0.15) is 5.82 Å². The number of hydrogen-bond donors (Lipinski definition) is 2. The topological polar surface area (TPSA) is 57.8 Å². The fraction of sp³-hybridized carbons (Fsp3) is 0.125. The molecule has 0 saturated heterocycles. The van der Waals surface area contributed by atoms with E-state index in [-0.39, 0.29) is 18.1 Å². The average Bonchev–Trinajstić information content (AvgIpc) is 2.90. The molecule has 3 aromatic rings. The summed E-state index contributed by atoms with van der Waals surface area (Å²) in [7, 11) is 0. The van der Waals surface area contributed by atoms with E-state index in [2.05, 4.69) is 15.3 Å². The molecule has 118 valence electrons. The summed E-state index contributed by atoms with van der Waals surface area (Å²) < 4.78 is 37.4. The van der Waals surface area contributed by atoms with Gasteiger partial charge in [-0.15, -0.1) is 0 Å². The Balaban J connectivity index is 1.70. The van der Waals surface area contributed by atoms with Crippen molar-refractivity contribution in [3.05, 3.63) is 59.9 Å². The number of nitrogens with zero attached hydrogens (tertiary/aromatic N) is 1. The number of pyridine rings is 1. The number of aromatic nitrogens is 2. The second-order valence-electron chi connectivity index (χ2n) is 5.01. The quantitative estimate of drug-likeness (QED) is 0.772. The molecule has 0 unspecified atom stereocenters. The van der Waals surface area contributed by atoms with Crippen LogP contribution in [0.15, 0.2) is 48.8 Å². The maximum Gasteiger partial charge on any atom is 0.417 e. The third kappa shape index (κ3) is 3.33. The minimum absolute atomic E-state index is 0.0860. The average molecular weight is 319 g/mol. The Hall–Kier alpha value is -2.83. The summed E-state index contributed by atoms with van der Waals surface area (Å²) in [4.78, 5) is 18.7. The predicted molar refractivity (Wildman–Crippen MR) is 79.9 cm³/mol. The minimum Gasteiger partial charge on any atom is -0.361 e. The van der Waals surface area contributed by atoms with Crippen molar-refractivity contribution in [3.8, 4) is 0 Å². The van der Waals surface area contributed by atoms with E-state index in [1.54, 1.807) is 6.20 Å². The molecule has 0 aliphatic heterocycles. The van der Waals surface area contributed by atoms with Crippen LogP contribution in [0.1, 0.15) is 11.1 Å². The molecule has 0 spiro atoms. The van der Waals surface area contributed by atoms with Crippen molar-refractivity contribution >= 4 is 22.6 Å². The highest BCUT2D eigenvalue weighted by Gasteiger charge is 2.30. The summed E-state index contributed by atoms with van der Waals surface area (Å²) in [6.45, 7) is 0. The molecule has 0 bridgehead atoms. The van der Waals surface area contributed by atoms with E-state index in [0.717, 1.165) is 28.6 Å². The molecule has 2 N–H and O–H groups in total. The summed E-state index contributed by atoms with van der Waals surface area (Å²) in [5.41, 5.74) is 0.875. The molecule has 0 radical (unpaired) electrons. The number of carbonyl (C=O) groups is 1. The lowest BCUT2D eigenvalue weighted by atomic mass is 10.1. The van der Waals surface area contributed by atoms with E-state index in [4.69, 9.17) is 0 Å². The van der Waals surface area contributed by atoms with E-state index >= 15 is 0 Å². The molecule has 2 heterocycles. The number of fused-ring (bicyclic) bond motifs is 1. The zero-order chi connectivity index (χ0) is 16.4. The van der Waals surface area contributed by atoms with Gasteiger partial charge < -0.3 is 10.3 Å². The number of rotatable bonds is 3. The lowest BCUT2D eigenvalue weighted by Gasteiger charge is -2.07. The van der Waals surface area contributed by atoms with Crippen molar-refractivity contribution in [2.24, 2.45) is 0 Å². The van der Waals surface area contributed by atoms with Crippen LogP contribution >= 0.6 is 0 Å². The number of hydrogen-bond acceptors (Lipinski definition) is 2. The molecule has 3 rings (SSSR count). The molecule has 0 aliphatic rings. The number of carbonyl (C=O) groups excluding carboxylic acids is 1. The van der Waals surface area contributed by atoms with E-state index in [9.17, 15) is 18.0 Å². The van der Waals surface area contributed by atoms with Gasteiger partial charge in [-0.1, -0.05) is 18.2 Å². The number of halogens is 3. The Morgan fingerprint density at radius 3 is 2.65 bits per heavy atom. The highest BCUT2D eigenvalue weighted by Crippen LogP contribution is 2.28. The lowest BCUT2D eigenvalue weighted by Crippen LogP contribution is -2.15. The van der Waals surface area contributed by atoms with Crippen molar-refractivity contribution in [2.75, 3.05) is 5.32 Å². The van der Waals surface area contributed by atoms with Crippen LogP contribution in [0.3, 0.4) is 0 Å². The Bertz CT molecular complexity index is 838. The minimum atomic E-state index is -4.44. The number of anilines is 1. The van der Waals surface area contributed by atoms with Gasteiger partial charge in [-0.05, 0) is 23.8 Å². The normalized spacial score (nSPS) is 11.6. The maximum atomic E-state index is 12.5. The van der Waals surface area contributed by atoms with Crippen LogP contribution in [0, 0.1) is 0 Å². The number of H-pyrrole nitrogens is 1. The van der Waals surface area contributed by atoms with Gasteiger partial charge in [0, 0.05) is 23.3 Å². The molecule has 1 amide bonds. The first-order valence-electron chi connectivity index (χ1n) is 6.81. The van der Waals surface area contributed by atoms with Crippen LogP contribution in [0.4, 0.5) is 19.0 Å². The Morgan fingerprint density at radius 1 is 1.17 bits per heavy atom. The molecule has 23 heavy (non-hydrogen) atoms. The Kier molecular flexibility index (Phi) is 3.77. The van der Waals surface area contributed by atoms with Crippen LogP contribution in [-0.4, -0.2) is 15.9 Å². The number of alkyl halides is 3. The van der Waals surface area contributed by atoms with Crippen molar-refractivity contribution < 1.29 is 18.0 Å². The molecule has 2 aromatic heterocycles. The first kappa shape index (κ1) is 15.1. The van der Waals surface area contributed by atoms with Gasteiger partial charge in [0.2, 0.25) is 5.91 Å². The standard InChI is InChI=1S/C16H12F3N3O/c17-16(18,19)11-5-6-14(21-9-11)22-15(23)7-10-8-20-13-4-2-1-3-12(10)13/h1-6,8-9,20H,7H2,(H,21,22,23). The smallest absolute Gasteiger partial charge is 0.361 e. The first-order valence-corrected chi connectivity index (χ1v) is 6.81. The molecule has 0 atom stereocenters. The fourth-order valence-electron chi connectivity index (χ4n) is 2.27. The largest absolute Gasteiger partial charge is 0.417 e. The zero-order valence-electron chi connectivity index (χ0n) is 11.8. The third-order valence-electron chi connectivity index (χ3n) is 3.38. The van der Waals surface area contributed by atoms with Gasteiger partial charge in [0.05, 0.1) is 12.0 Å². The molecular weight excluding hydrogens is 307 g/mol. The van der Waals surface area contributed by atoms with Crippen LogP contribution in [-0.2, 0) is 17.4 Å². The SMILES string of the molecule is O=C(Cc1c[nH]c2ccccc12)Nc1ccc(C(F)(F)F)cn1. The number of benzene rings is 1. The second-order valence-corrected chi connectivity index (χ2v) is 5.01. The van der Waals surface area contributed by atoms with Crippen LogP contribution in [0.5, 0.6) is 0 Å². The summed E-state index contributed by atoms with van der Waals surface area (Å²) >= 11 is 0. The Morgan fingerprint density at radius 2 is 1.96 bits per heavy atom. The number of nitrogens with one attached hydrogen (secondary N) is 2. The molecular formula is C16H12F3N3O. The predicted octanol–water partition coefficient (Wildman–Crippen LogP) is 3.76. The summed E-state index contributed by atoms with van der Waals surface area (Å²) in [6.07, 6.45) is -1.90. The van der Waals surface area contributed by atoms with Gasteiger partial charge in [0.25, 0.3) is 0 Å².